The van der Waals surface area contributed by atoms with E-state index >= 15 is 0 Å². The second-order valence-corrected chi connectivity index (χ2v) is 4.75. The fraction of sp³-hybridized carbons (Fsp3) is 0.143. The van der Waals surface area contributed by atoms with Gasteiger partial charge in [0.25, 0.3) is 0 Å². The zero-order valence-electron chi connectivity index (χ0n) is 9.50. The lowest BCUT2D eigenvalue weighted by molar-refractivity contribution is 0.300. The van der Waals surface area contributed by atoms with Crippen molar-refractivity contribution in [3.8, 4) is 5.75 Å². The summed E-state index contributed by atoms with van der Waals surface area (Å²) in [6, 6.07) is 12.1. The molecule has 4 heteroatoms. The van der Waals surface area contributed by atoms with E-state index in [1.165, 1.54) is 6.07 Å². The predicted molar refractivity (Wildman–Crippen MR) is 74.8 cm³/mol. The number of benzene rings is 2. The van der Waals surface area contributed by atoms with Crippen LogP contribution in [-0.2, 0) is 11.9 Å². The van der Waals surface area contributed by atoms with Gasteiger partial charge in [-0.2, -0.15) is 0 Å². The minimum atomic E-state index is -0.272. The molecule has 0 atom stereocenters. The molecule has 2 aromatic carbocycles. The van der Waals surface area contributed by atoms with Crippen molar-refractivity contribution in [3.63, 3.8) is 0 Å². The summed E-state index contributed by atoms with van der Waals surface area (Å²) in [6.07, 6.45) is 0. The summed E-state index contributed by atoms with van der Waals surface area (Å²) < 4.78 is 18.9. The number of halogens is 3. The first-order chi connectivity index (χ1) is 8.70. The summed E-state index contributed by atoms with van der Waals surface area (Å²) >= 11 is 9.43. The van der Waals surface area contributed by atoms with Crippen molar-refractivity contribution < 1.29 is 9.13 Å². The van der Waals surface area contributed by atoms with Crippen molar-refractivity contribution in [3.05, 3.63) is 64.4 Å². The molecule has 0 bridgehead atoms. The number of rotatable bonds is 4. The van der Waals surface area contributed by atoms with Gasteiger partial charge >= 0.3 is 0 Å². The van der Waals surface area contributed by atoms with Crippen LogP contribution in [0.2, 0.25) is 5.02 Å². The minimum absolute atomic E-state index is 0.167. The number of hydrogen-bond donors (Lipinski definition) is 0. The van der Waals surface area contributed by atoms with Gasteiger partial charge in [-0.05, 0) is 23.8 Å². The summed E-state index contributed by atoms with van der Waals surface area (Å²) in [6.45, 7) is 0.167. The molecule has 0 saturated carbocycles. The Hall–Kier alpha value is -1.06. The second-order valence-electron chi connectivity index (χ2n) is 3.78. The average molecular weight is 330 g/mol. The van der Waals surface area contributed by atoms with Gasteiger partial charge in [0, 0.05) is 10.9 Å². The monoisotopic (exact) mass is 328 g/mol. The molecule has 0 aromatic heterocycles. The minimum Gasteiger partial charge on any atom is -0.487 e. The number of ether oxygens (including phenoxy) is 1. The third-order valence-electron chi connectivity index (χ3n) is 2.49. The molecule has 0 fully saturated rings. The van der Waals surface area contributed by atoms with Gasteiger partial charge in [-0.25, -0.2) is 4.39 Å². The molecule has 0 N–H and O–H groups in total. The first kappa shape index (κ1) is 13.4. The Labute approximate surface area is 119 Å². The third-order valence-corrected chi connectivity index (χ3v) is 3.43. The lowest BCUT2D eigenvalue weighted by atomic mass is 10.2. The average Bonchev–Trinajstić information content (AvgIpc) is 2.39. The molecule has 0 radical (unpaired) electrons. The molecular formula is C14H11BrClFO. The highest BCUT2D eigenvalue weighted by atomic mass is 79.9. The molecule has 2 aromatic rings. The standard InChI is InChI=1S/C14H11BrClFO/c15-8-10-5-6-14(12(16)7-10)18-9-11-3-1-2-4-13(11)17/h1-7H,8-9H2. The Morgan fingerprint density at radius 3 is 2.61 bits per heavy atom. The van der Waals surface area contributed by atoms with Crippen molar-refractivity contribution in [1.82, 2.24) is 0 Å². The Kier molecular flexibility index (Phi) is 4.61. The van der Waals surface area contributed by atoms with Gasteiger partial charge in [0.05, 0.1) is 5.02 Å². The molecule has 2 rings (SSSR count). The van der Waals surface area contributed by atoms with E-state index in [1.54, 1.807) is 24.3 Å². The summed E-state index contributed by atoms with van der Waals surface area (Å²) in [5, 5.41) is 1.27. The largest absolute Gasteiger partial charge is 0.487 e. The van der Waals surface area contributed by atoms with Gasteiger partial charge in [-0.3, -0.25) is 0 Å². The van der Waals surface area contributed by atoms with Crippen molar-refractivity contribution in [2.45, 2.75) is 11.9 Å². The van der Waals surface area contributed by atoms with Gasteiger partial charge in [0.1, 0.15) is 18.2 Å². The topological polar surface area (TPSA) is 9.23 Å². The van der Waals surface area contributed by atoms with E-state index in [0.717, 1.165) is 10.9 Å². The summed E-state index contributed by atoms with van der Waals surface area (Å²) in [5.74, 6) is 0.287. The fourth-order valence-corrected chi connectivity index (χ4v) is 2.12. The van der Waals surface area contributed by atoms with Crippen LogP contribution in [0, 0.1) is 5.82 Å². The highest BCUT2D eigenvalue weighted by molar-refractivity contribution is 9.08. The molecule has 0 aliphatic heterocycles. The molecule has 0 heterocycles. The molecule has 0 aliphatic rings. The van der Waals surface area contributed by atoms with E-state index < -0.39 is 0 Å². The summed E-state index contributed by atoms with van der Waals surface area (Å²) in [7, 11) is 0. The summed E-state index contributed by atoms with van der Waals surface area (Å²) in [5.41, 5.74) is 1.58. The molecule has 0 unspecified atom stereocenters. The Balaban J connectivity index is 2.09. The van der Waals surface area contributed by atoms with Crippen molar-refractivity contribution in [2.75, 3.05) is 0 Å². The van der Waals surface area contributed by atoms with Crippen LogP contribution in [0.3, 0.4) is 0 Å². The smallest absolute Gasteiger partial charge is 0.138 e. The highest BCUT2D eigenvalue weighted by Gasteiger charge is 2.05. The molecule has 0 amide bonds. The molecule has 0 spiro atoms. The quantitative estimate of drug-likeness (QED) is 0.721. The van der Waals surface area contributed by atoms with Crippen LogP contribution in [0.5, 0.6) is 5.75 Å². The SMILES string of the molecule is Fc1ccccc1COc1ccc(CBr)cc1Cl. The van der Waals surface area contributed by atoms with Crippen molar-refractivity contribution in [1.29, 1.82) is 0 Å². The molecule has 0 aliphatic carbocycles. The lowest BCUT2D eigenvalue weighted by Crippen LogP contribution is -1.98. The second kappa shape index (κ2) is 6.21. The molecule has 94 valence electrons. The third kappa shape index (κ3) is 3.24. The first-order valence-corrected chi connectivity index (χ1v) is 6.91. The van der Waals surface area contributed by atoms with Crippen LogP contribution in [0.1, 0.15) is 11.1 Å². The van der Waals surface area contributed by atoms with E-state index in [9.17, 15) is 4.39 Å². The van der Waals surface area contributed by atoms with E-state index in [0.29, 0.717) is 16.3 Å². The summed E-state index contributed by atoms with van der Waals surface area (Å²) in [4.78, 5) is 0. The Bertz CT molecular complexity index is 545. The van der Waals surface area contributed by atoms with Gasteiger partial charge in [-0.1, -0.05) is 51.8 Å². The predicted octanol–water partition coefficient (Wildman–Crippen LogP) is 4.95. The van der Waals surface area contributed by atoms with Gasteiger partial charge < -0.3 is 4.74 Å². The van der Waals surface area contributed by atoms with E-state index in [4.69, 9.17) is 16.3 Å². The van der Waals surface area contributed by atoms with Crippen molar-refractivity contribution in [2.24, 2.45) is 0 Å². The number of alkyl halides is 1. The zero-order chi connectivity index (χ0) is 13.0. The Morgan fingerprint density at radius 2 is 1.94 bits per heavy atom. The van der Waals surface area contributed by atoms with Crippen molar-refractivity contribution >= 4 is 27.5 Å². The van der Waals surface area contributed by atoms with Crippen LogP contribution in [0.15, 0.2) is 42.5 Å². The maximum absolute atomic E-state index is 13.4. The lowest BCUT2D eigenvalue weighted by Gasteiger charge is -2.09. The van der Waals surface area contributed by atoms with Crippen LogP contribution in [0.4, 0.5) is 4.39 Å². The van der Waals surface area contributed by atoms with Gasteiger partial charge in [0.15, 0.2) is 0 Å². The van der Waals surface area contributed by atoms with Gasteiger partial charge in [0.2, 0.25) is 0 Å². The van der Waals surface area contributed by atoms with Crippen LogP contribution < -0.4 is 4.74 Å². The van der Waals surface area contributed by atoms with Crippen LogP contribution >= 0.6 is 27.5 Å². The molecule has 0 saturated heterocycles. The molecular weight excluding hydrogens is 319 g/mol. The van der Waals surface area contributed by atoms with Gasteiger partial charge in [-0.15, -0.1) is 0 Å². The van der Waals surface area contributed by atoms with E-state index in [2.05, 4.69) is 15.9 Å². The van der Waals surface area contributed by atoms with Crippen LogP contribution in [-0.4, -0.2) is 0 Å². The molecule has 1 nitrogen and oxygen atoms in total. The number of hydrogen-bond acceptors (Lipinski definition) is 1. The normalized spacial score (nSPS) is 10.4. The fourth-order valence-electron chi connectivity index (χ4n) is 1.52. The molecule has 18 heavy (non-hydrogen) atoms. The first-order valence-electron chi connectivity index (χ1n) is 5.41. The van der Waals surface area contributed by atoms with E-state index in [-0.39, 0.29) is 12.4 Å². The maximum Gasteiger partial charge on any atom is 0.138 e. The van der Waals surface area contributed by atoms with Crippen LogP contribution in [0.25, 0.3) is 0 Å². The Morgan fingerprint density at radius 1 is 1.17 bits per heavy atom. The zero-order valence-corrected chi connectivity index (χ0v) is 11.8. The van der Waals surface area contributed by atoms with E-state index in [1.807, 2.05) is 12.1 Å². The maximum atomic E-state index is 13.4. The highest BCUT2D eigenvalue weighted by Crippen LogP contribution is 2.27.